The number of amides is 2. The van der Waals surface area contributed by atoms with Gasteiger partial charge in [0.05, 0.1) is 11.6 Å². The van der Waals surface area contributed by atoms with Crippen LogP contribution >= 0.6 is 15.9 Å². The highest BCUT2D eigenvalue weighted by Crippen LogP contribution is 2.25. The first-order chi connectivity index (χ1) is 13.6. The molecule has 1 atom stereocenters. The third-order valence-electron chi connectivity index (χ3n) is 5.21. The quantitative estimate of drug-likeness (QED) is 0.734. The Bertz CT molecular complexity index is 864. The van der Waals surface area contributed by atoms with Crippen molar-refractivity contribution in [3.05, 3.63) is 64.1 Å². The van der Waals surface area contributed by atoms with Crippen molar-refractivity contribution in [1.29, 1.82) is 0 Å². The molecule has 1 heterocycles. The number of nitrogens with one attached hydrogen (secondary N) is 1. The molecule has 6 heteroatoms. The van der Waals surface area contributed by atoms with Crippen molar-refractivity contribution in [1.82, 2.24) is 10.2 Å². The molecule has 2 aromatic carbocycles. The SMILES string of the molecule is O=C(NC1CC1)c1ccc(OC[C@@H]2CCCN2C(=O)c2ccccc2Br)cc1. The van der Waals surface area contributed by atoms with E-state index in [0.717, 1.165) is 36.7 Å². The molecule has 0 bridgehead atoms. The zero-order chi connectivity index (χ0) is 19.5. The van der Waals surface area contributed by atoms with Crippen LogP contribution in [-0.4, -0.2) is 41.9 Å². The molecule has 0 aromatic heterocycles. The highest BCUT2D eigenvalue weighted by Gasteiger charge is 2.30. The zero-order valence-electron chi connectivity index (χ0n) is 15.6. The molecule has 2 aliphatic rings. The van der Waals surface area contributed by atoms with Crippen LogP contribution in [0.3, 0.4) is 0 Å². The molecular formula is C22H23BrN2O3. The van der Waals surface area contributed by atoms with Gasteiger partial charge in [-0.2, -0.15) is 0 Å². The molecule has 0 unspecified atom stereocenters. The Balaban J connectivity index is 1.35. The number of carbonyl (C=O) groups is 2. The number of rotatable bonds is 6. The van der Waals surface area contributed by atoms with E-state index in [1.807, 2.05) is 41.3 Å². The molecule has 0 spiro atoms. The van der Waals surface area contributed by atoms with Gasteiger partial charge in [0.1, 0.15) is 12.4 Å². The lowest BCUT2D eigenvalue weighted by Gasteiger charge is -2.25. The van der Waals surface area contributed by atoms with Gasteiger partial charge in [-0.05, 0) is 78.0 Å². The second-order valence-corrected chi connectivity index (χ2v) is 8.21. The summed E-state index contributed by atoms with van der Waals surface area (Å²) in [4.78, 5) is 26.9. The fourth-order valence-corrected chi connectivity index (χ4v) is 3.91. The van der Waals surface area contributed by atoms with E-state index in [9.17, 15) is 9.59 Å². The minimum atomic E-state index is -0.0324. The van der Waals surface area contributed by atoms with Gasteiger partial charge in [0.2, 0.25) is 0 Å². The molecular weight excluding hydrogens is 420 g/mol. The average Bonchev–Trinajstić information content (AvgIpc) is 3.40. The smallest absolute Gasteiger partial charge is 0.255 e. The number of benzene rings is 2. The van der Waals surface area contributed by atoms with Gasteiger partial charge < -0.3 is 15.0 Å². The Morgan fingerprint density at radius 3 is 2.54 bits per heavy atom. The van der Waals surface area contributed by atoms with E-state index >= 15 is 0 Å². The Hall–Kier alpha value is -2.34. The summed E-state index contributed by atoms with van der Waals surface area (Å²) in [5.74, 6) is 0.712. The maximum absolute atomic E-state index is 12.9. The van der Waals surface area contributed by atoms with Gasteiger partial charge in [0, 0.05) is 22.6 Å². The van der Waals surface area contributed by atoms with Gasteiger partial charge in [0.25, 0.3) is 11.8 Å². The molecule has 28 heavy (non-hydrogen) atoms. The lowest BCUT2D eigenvalue weighted by atomic mass is 10.1. The highest BCUT2D eigenvalue weighted by molar-refractivity contribution is 9.10. The van der Waals surface area contributed by atoms with E-state index in [0.29, 0.717) is 29.5 Å². The van der Waals surface area contributed by atoms with Crippen molar-refractivity contribution in [2.45, 2.75) is 37.8 Å². The van der Waals surface area contributed by atoms with Crippen LogP contribution in [0, 0.1) is 0 Å². The molecule has 1 saturated carbocycles. The molecule has 1 aliphatic heterocycles. The molecule has 146 valence electrons. The fraction of sp³-hybridized carbons (Fsp3) is 0.364. The van der Waals surface area contributed by atoms with Gasteiger partial charge >= 0.3 is 0 Å². The van der Waals surface area contributed by atoms with E-state index in [-0.39, 0.29) is 17.9 Å². The van der Waals surface area contributed by atoms with Crippen molar-refractivity contribution in [3.8, 4) is 5.75 Å². The highest BCUT2D eigenvalue weighted by atomic mass is 79.9. The first-order valence-electron chi connectivity index (χ1n) is 9.71. The van der Waals surface area contributed by atoms with Crippen LogP contribution in [0.1, 0.15) is 46.4 Å². The minimum Gasteiger partial charge on any atom is -0.491 e. The van der Waals surface area contributed by atoms with Crippen molar-refractivity contribution >= 4 is 27.7 Å². The molecule has 1 aliphatic carbocycles. The topological polar surface area (TPSA) is 58.6 Å². The van der Waals surface area contributed by atoms with Crippen molar-refractivity contribution in [2.75, 3.05) is 13.2 Å². The lowest BCUT2D eigenvalue weighted by Crippen LogP contribution is -2.39. The largest absolute Gasteiger partial charge is 0.491 e. The first kappa shape index (κ1) is 19.0. The van der Waals surface area contributed by atoms with Gasteiger partial charge in [-0.3, -0.25) is 9.59 Å². The molecule has 1 saturated heterocycles. The van der Waals surface area contributed by atoms with Gasteiger partial charge in [-0.15, -0.1) is 0 Å². The van der Waals surface area contributed by atoms with E-state index in [2.05, 4.69) is 21.2 Å². The Morgan fingerprint density at radius 2 is 1.82 bits per heavy atom. The molecule has 2 aromatic rings. The predicted octanol–water partition coefficient (Wildman–Crippen LogP) is 4.02. The number of hydrogen-bond acceptors (Lipinski definition) is 3. The number of halogens is 1. The number of ether oxygens (including phenoxy) is 1. The Morgan fingerprint density at radius 1 is 1.07 bits per heavy atom. The zero-order valence-corrected chi connectivity index (χ0v) is 17.2. The summed E-state index contributed by atoms with van der Waals surface area (Å²) in [5.41, 5.74) is 1.33. The van der Waals surface area contributed by atoms with Gasteiger partial charge in [-0.1, -0.05) is 12.1 Å². The minimum absolute atomic E-state index is 0.0324. The van der Waals surface area contributed by atoms with Crippen LogP contribution in [0.5, 0.6) is 5.75 Å². The maximum Gasteiger partial charge on any atom is 0.255 e. The Kier molecular flexibility index (Phi) is 5.67. The standard InChI is InChI=1S/C22H23BrN2O3/c23-20-6-2-1-5-19(20)22(27)25-13-3-4-17(25)14-28-18-11-7-15(8-12-18)21(26)24-16-9-10-16/h1-2,5-8,11-12,16-17H,3-4,9-10,13-14H2,(H,24,26)/t17-/m0/s1. The summed E-state index contributed by atoms with van der Waals surface area (Å²) < 4.78 is 6.74. The third kappa shape index (κ3) is 4.38. The van der Waals surface area contributed by atoms with Crippen LogP contribution in [0.25, 0.3) is 0 Å². The maximum atomic E-state index is 12.9. The predicted molar refractivity (Wildman–Crippen MR) is 111 cm³/mol. The third-order valence-corrected chi connectivity index (χ3v) is 5.91. The van der Waals surface area contributed by atoms with Gasteiger partial charge in [-0.25, -0.2) is 0 Å². The molecule has 2 fully saturated rings. The number of likely N-dealkylation sites (tertiary alicyclic amines) is 1. The summed E-state index contributed by atoms with van der Waals surface area (Å²) in [6.45, 7) is 1.19. The van der Waals surface area contributed by atoms with E-state index < -0.39 is 0 Å². The van der Waals surface area contributed by atoms with E-state index in [1.165, 1.54) is 0 Å². The second kappa shape index (κ2) is 8.35. The first-order valence-corrected chi connectivity index (χ1v) is 10.5. The van der Waals surface area contributed by atoms with Crippen LogP contribution in [0.4, 0.5) is 0 Å². The summed E-state index contributed by atoms with van der Waals surface area (Å²) >= 11 is 3.47. The van der Waals surface area contributed by atoms with Crippen LogP contribution in [0.15, 0.2) is 53.0 Å². The molecule has 2 amide bonds. The van der Waals surface area contributed by atoms with Crippen LogP contribution in [-0.2, 0) is 0 Å². The van der Waals surface area contributed by atoms with Crippen molar-refractivity contribution < 1.29 is 14.3 Å². The summed E-state index contributed by atoms with van der Waals surface area (Å²) in [6, 6.07) is 15.1. The van der Waals surface area contributed by atoms with E-state index in [4.69, 9.17) is 4.74 Å². The molecule has 1 N–H and O–H groups in total. The molecule has 4 rings (SSSR count). The average molecular weight is 443 g/mol. The summed E-state index contributed by atoms with van der Waals surface area (Å²) in [5, 5.41) is 2.98. The number of carbonyl (C=O) groups excluding carboxylic acids is 2. The number of nitrogens with zero attached hydrogens (tertiary/aromatic N) is 1. The van der Waals surface area contributed by atoms with Crippen LogP contribution in [0.2, 0.25) is 0 Å². The monoisotopic (exact) mass is 442 g/mol. The van der Waals surface area contributed by atoms with Crippen molar-refractivity contribution in [3.63, 3.8) is 0 Å². The van der Waals surface area contributed by atoms with E-state index in [1.54, 1.807) is 12.1 Å². The fourth-order valence-electron chi connectivity index (χ4n) is 3.46. The summed E-state index contributed by atoms with van der Waals surface area (Å²) in [6.07, 6.45) is 4.05. The van der Waals surface area contributed by atoms with Crippen molar-refractivity contribution in [2.24, 2.45) is 0 Å². The lowest BCUT2D eigenvalue weighted by molar-refractivity contribution is 0.0690. The van der Waals surface area contributed by atoms with Crippen LogP contribution < -0.4 is 10.1 Å². The second-order valence-electron chi connectivity index (χ2n) is 7.36. The van der Waals surface area contributed by atoms with Gasteiger partial charge in [0.15, 0.2) is 0 Å². The number of hydrogen-bond donors (Lipinski definition) is 1. The Labute approximate surface area is 173 Å². The summed E-state index contributed by atoms with van der Waals surface area (Å²) in [7, 11) is 0. The molecule has 5 nitrogen and oxygen atoms in total. The molecule has 0 radical (unpaired) electrons. The normalized spacial score (nSPS) is 18.8.